The predicted octanol–water partition coefficient (Wildman–Crippen LogP) is 0.900. The molecule has 0 spiro atoms. The summed E-state index contributed by atoms with van der Waals surface area (Å²) in [6.45, 7) is 1.70. The minimum Gasteiger partial charge on any atom is -0.495 e. The van der Waals surface area contributed by atoms with Crippen molar-refractivity contribution in [2.45, 2.75) is 37.1 Å². The maximum Gasteiger partial charge on any atom is 0.338 e. The minimum atomic E-state index is -3.83. The summed E-state index contributed by atoms with van der Waals surface area (Å²) in [5, 5.41) is 0. The van der Waals surface area contributed by atoms with Gasteiger partial charge in [0.1, 0.15) is 10.6 Å². The molecule has 138 valence electrons. The van der Waals surface area contributed by atoms with Crippen molar-refractivity contribution in [2.75, 3.05) is 20.3 Å². The Morgan fingerprint density at radius 1 is 1.32 bits per heavy atom. The minimum absolute atomic E-state index is 0.00490. The molecule has 1 fully saturated rings. The fourth-order valence-corrected chi connectivity index (χ4v) is 4.66. The van der Waals surface area contributed by atoms with Gasteiger partial charge in [-0.05, 0) is 38.0 Å². The van der Waals surface area contributed by atoms with E-state index in [1.165, 1.54) is 29.6 Å². The molecule has 0 bridgehead atoms. The highest BCUT2D eigenvalue weighted by Crippen LogP contribution is 2.31. The summed E-state index contributed by atoms with van der Waals surface area (Å²) in [6, 6.07) is 3.84. The molecule has 0 radical (unpaired) electrons. The van der Waals surface area contributed by atoms with Crippen LogP contribution in [0.2, 0.25) is 0 Å². The topological polar surface area (TPSA) is 116 Å². The molecule has 1 aliphatic heterocycles. The number of nitrogens with zero attached hydrogens (tertiary/aromatic N) is 1. The van der Waals surface area contributed by atoms with Gasteiger partial charge in [-0.2, -0.15) is 4.31 Å². The normalized spacial score (nSPS) is 18.6. The number of benzene rings is 1. The van der Waals surface area contributed by atoms with Crippen LogP contribution in [0.3, 0.4) is 0 Å². The van der Waals surface area contributed by atoms with Crippen molar-refractivity contribution in [3.63, 3.8) is 0 Å². The van der Waals surface area contributed by atoms with E-state index in [4.69, 9.17) is 15.2 Å². The van der Waals surface area contributed by atoms with Crippen molar-refractivity contribution >= 4 is 21.9 Å². The van der Waals surface area contributed by atoms with E-state index in [1.54, 1.807) is 0 Å². The smallest absolute Gasteiger partial charge is 0.338 e. The van der Waals surface area contributed by atoms with Gasteiger partial charge in [0.25, 0.3) is 5.91 Å². The number of nitrogens with two attached hydrogens (primary N) is 1. The van der Waals surface area contributed by atoms with Crippen molar-refractivity contribution in [1.29, 1.82) is 0 Å². The number of amides is 1. The highest BCUT2D eigenvalue weighted by molar-refractivity contribution is 7.89. The van der Waals surface area contributed by atoms with E-state index in [-0.39, 0.29) is 22.3 Å². The molecule has 2 rings (SSSR count). The Labute approximate surface area is 146 Å². The Hall–Kier alpha value is -2.13. The Bertz CT molecular complexity index is 762. The second-order valence-corrected chi connectivity index (χ2v) is 7.73. The lowest BCUT2D eigenvalue weighted by Crippen LogP contribution is -2.42. The van der Waals surface area contributed by atoms with Crippen LogP contribution in [0.1, 0.15) is 36.5 Å². The highest BCUT2D eigenvalue weighted by Gasteiger charge is 2.33. The monoisotopic (exact) mass is 370 g/mol. The van der Waals surface area contributed by atoms with E-state index >= 15 is 0 Å². The molecule has 1 atom stereocenters. The Balaban J connectivity index is 2.39. The van der Waals surface area contributed by atoms with Gasteiger partial charge < -0.3 is 15.2 Å². The number of carbonyl (C=O) groups is 2. The molecular weight excluding hydrogens is 348 g/mol. The summed E-state index contributed by atoms with van der Waals surface area (Å²) in [7, 11) is -2.47. The van der Waals surface area contributed by atoms with Gasteiger partial charge in [0.15, 0.2) is 6.61 Å². The molecule has 8 nitrogen and oxygen atoms in total. The predicted molar refractivity (Wildman–Crippen MR) is 89.7 cm³/mol. The number of ether oxygens (including phenoxy) is 2. The molecule has 1 heterocycles. The maximum absolute atomic E-state index is 13.0. The first-order chi connectivity index (χ1) is 11.8. The van der Waals surface area contributed by atoms with Crippen LogP contribution in [0.5, 0.6) is 5.75 Å². The zero-order chi connectivity index (χ0) is 18.6. The maximum atomic E-state index is 13.0. The third-order valence-electron chi connectivity index (χ3n) is 4.07. The average Bonchev–Trinajstić information content (AvgIpc) is 2.59. The Morgan fingerprint density at radius 2 is 2.04 bits per heavy atom. The molecule has 0 aromatic heterocycles. The number of primary amides is 1. The molecule has 1 aliphatic rings. The second-order valence-electron chi connectivity index (χ2n) is 5.87. The van der Waals surface area contributed by atoms with E-state index in [9.17, 15) is 18.0 Å². The third-order valence-corrected chi connectivity index (χ3v) is 6.11. The first kappa shape index (κ1) is 19.2. The van der Waals surface area contributed by atoms with E-state index in [0.29, 0.717) is 6.54 Å². The quantitative estimate of drug-likeness (QED) is 0.744. The van der Waals surface area contributed by atoms with Crippen molar-refractivity contribution in [1.82, 2.24) is 4.31 Å². The number of methoxy groups -OCH3 is 1. The van der Waals surface area contributed by atoms with Crippen LogP contribution in [0.4, 0.5) is 0 Å². The fraction of sp³-hybridized carbons (Fsp3) is 0.500. The number of hydrogen-bond donors (Lipinski definition) is 1. The number of piperidine rings is 1. The Morgan fingerprint density at radius 3 is 2.64 bits per heavy atom. The van der Waals surface area contributed by atoms with Gasteiger partial charge >= 0.3 is 5.97 Å². The van der Waals surface area contributed by atoms with Crippen LogP contribution < -0.4 is 10.5 Å². The van der Waals surface area contributed by atoms with E-state index < -0.39 is 28.5 Å². The van der Waals surface area contributed by atoms with Crippen LogP contribution in [0.25, 0.3) is 0 Å². The molecule has 1 saturated heterocycles. The molecule has 9 heteroatoms. The lowest BCUT2D eigenvalue weighted by atomic mass is 10.1. The molecule has 1 amide bonds. The molecule has 2 N–H and O–H groups in total. The van der Waals surface area contributed by atoms with Gasteiger partial charge in [-0.25, -0.2) is 13.2 Å². The number of carbonyl (C=O) groups excluding carboxylic acids is 2. The SMILES string of the molecule is COc1ccc(C(=O)OCC(N)=O)cc1S(=O)(=O)N1CCCC[C@@H]1C. The summed E-state index contributed by atoms with van der Waals surface area (Å²) >= 11 is 0. The fourth-order valence-electron chi connectivity index (χ4n) is 2.78. The first-order valence-corrected chi connectivity index (χ1v) is 9.36. The average molecular weight is 370 g/mol. The van der Waals surface area contributed by atoms with E-state index in [1.807, 2.05) is 6.92 Å². The third kappa shape index (κ3) is 4.29. The van der Waals surface area contributed by atoms with Crippen molar-refractivity contribution in [2.24, 2.45) is 5.73 Å². The lowest BCUT2D eigenvalue weighted by molar-refractivity contribution is -0.121. The largest absolute Gasteiger partial charge is 0.495 e. The first-order valence-electron chi connectivity index (χ1n) is 7.92. The van der Waals surface area contributed by atoms with Crippen molar-refractivity contribution in [3.8, 4) is 5.75 Å². The van der Waals surface area contributed by atoms with Crippen molar-refractivity contribution < 1.29 is 27.5 Å². The van der Waals surface area contributed by atoms with Crippen molar-refractivity contribution in [3.05, 3.63) is 23.8 Å². The van der Waals surface area contributed by atoms with Gasteiger partial charge in [0, 0.05) is 12.6 Å². The number of rotatable bonds is 6. The number of hydrogen-bond acceptors (Lipinski definition) is 6. The molecular formula is C16H22N2O6S. The second kappa shape index (κ2) is 7.83. The van der Waals surface area contributed by atoms with Crippen LogP contribution in [-0.4, -0.2) is 50.9 Å². The standard InChI is InChI=1S/C16H22N2O6S/c1-11-5-3-4-8-18(11)25(21,22)14-9-12(6-7-13(14)23-2)16(20)24-10-15(17)19/h6-7,9,11H,3-5,8,10H2,1-2H3,(H2,17,19)/t11-/m0/s1. The lowest BCUT2D eigenvalue weighted by Gasteiger charge is -2.32. The van der Waals surface area contributed by atoms with Gasteiger partial charge in [0.2, 0.25) is 10.0 Å². The Kier molecular flexibility index (Phi) is 6.02. The van der Waals surface area contributed by atoms with Crippen LogP contribution >= 0.6 is 0 Å². The van der Waals surface area contributed by atoms with Crippen LogP contribution in [0.15, 0.2) is 23.1 Å². The summed E-state index contributed by atoms with van der Waals surface area (Å²) in [5.41, 5.74) is 4.94. The summed E-state index contributed by atoms with van der Waals surface area (Å²) in [5.74, 6) is -1.48. The van der Waals surface area contributed by atoms with E-state index in [2.05, 4.69) is 0 Å². The summed E-state index contributed by atoms with van der Waals surface area (Å²) in [6.07, 6.45) is 2.54. The molecule has 0 unspecified atom stereocenters. The zero-order valence-corrected chi connectivity index (χ0v) is 15.0. The molecule has 0 aliphatic carbocycles. The molecule has 1 aromatic rings. The van der Waals surface area contributed by atoms with Gasteiger partial charge in [0.05, 0.1) is 12.7 Å². The molecule has 1 aromatic carbocycles. The zero-order valence-electron chi connectivity index (χ0n) is 14.2. The summed E-state index contributed by atoms with van der Waals surface area (Å²) in [4.78, 5) is 22.6. The molecule has 0 saturated carbocycles. The summed E-state index contributed by atoms with van der Waals surface area (Å²) < 4.78 is 37.4. The molecule has 25 heavy (non-hydrogen) atoms. The van der Waals surface area contributed by atoms with Gasteiger partial charge in [-0.3, -0.25) is 4.79 Å². The highest BCUT2D eigenvalue weighted by atomic mass is 32.2. The van der Waals surface area contributed by atoms with E-state index in [0.717, 1.165) is 19.3 Å². The van der Waals surface area contributed by atoms with Gasteiger partial charge in [-0.1, -0.05) is 6.42 Å². The number of esters is 1. The van der Waals surface area contributed by atoms with Gasteiger partial charge in [-0.15, -0.1) is 0 Å². The van der Waals surface area contributed by atoms with Crippen LogP contribution in [-0.2, 0) is 19.6 Å². The number of sulfonamides is 1. The van der Waals surface area contributed by atoms with Crippen LogP contribution in [0, 0.1) is 0 Å².